The molecule has 0 N–H and O–H groups in total. The molecular formula is C9H10N2S2. The Bertz CT molecular complexity index is 337. The molecule has 1 unspecified atom stereocenters. The molecule has 0 fully saturated rings. The van der Waals surface area contributed by atoms with E-state index in [1.807, 2.05) is 23.0 Å². The average Bonchev–Trinajstić information content (AvgIpc) is 2.54. The average molecular weight is 210 g/mol. The maximum atomic E-state index is 4.24. The predicted molar refractivity (Wildman–Crippen MR) is 61.6 cm³/mol. The Morgan fingerprint density at radius 2 is 2.38 bits per heavy atom. The molecule has 4 heteroatoms. The van der Waals surface area contributed by atoms with Gasteiger partial charge in [0.05, 0.1) is 4.75 Å². The molecule has 68 valence electrons. The summed E-state index contributed by atoms with van der Waals surface area (Å²) >= 11 is 4.24. The highest BCUT2D eigenvalue weighted by molar-refractivity contribution is 8.69. The summed E-state index contributed by atoms with van der Waals surface area (Å²) in [7, 11) is 1.52. The third-order valence-electron chi connectivity index (χ3n) is 2.02. The van der Waals surface area contributed by atoms with Gasteiger partial charge in [0.1, 0.15) is 5.82 Å². The van der Waals surface area contributed by atoms with E-state index in [-0.39, 0.29) is 4.75 Å². The number of nitrogens with zero attached hydrogens (tertiary/aromatic N) is 2. The van der Waals surface area contributed by atoms with Gasteiger partial charge in [0.25, 0.3) is 0 Å². The normalized spacial score (nSPS) is 25.7. The van der Waals surface area contributed by atoms with E-state index in [0.29, 0.717) is 0 Å². The van der Waals surface area contributed by atoms with Gasteiger partial charge < -0.3 is 4.57 Å². The summed E-state index contributed by atoms with van der Waals surface area (Å²) in [6.07, 6.45) is 12.0. The van der Waals surface area contributed by atoms with Gasteiger partial charge in [0, 0.05) is 18.6 Å². The van der Waals surface area contributed by atoms with Crippen molar-refractivity contribution in [3.63, 3.8) is 0 Å². The molecule has 2 heterocycles. The molecule has 1 aromatic heterocycles. The summed E-state index contributed by atoms with van der Waals surface area (Å²) in [5.41, 5.74) is 0. The van der Waals surface area contributed by atoms with Crippen molar-refractivity contribution in [3.05, 3.63) is 30.4 Å². The Morgan fingerprint density at radius 3 is 3.15 bits per heavy atom. The van der Waals surface area contributed by atoms with Crippen LogP contribution in [0.2, 0.25) is 0 Å². The maximum Gasteiger partial charge on any atom is 0.136 e. The Labute approximate surface area is 86.6 Å². The molecule has 0 bridgehead atoms. The van der Waals surface area contributed by atoms with Crippen molar-refractivity contribution in [1.82, 2.24) is 9.55 Å². The van der Waals surface area contributed by atoms with Crippen LogP contribution in [-0.2, 0) is 0 Å². The molecule has 2 nitrogen and oxygen atoms in total. The van der Waals surface area contributed by atoms with Gasteiger partial charge in [-0.05, 0) is 19.1 Å². The summed E-state index contributed by atoms with van der Waals surface area (Å²) in [5.74, 6) is 0.961. The number of rotatable bonds is 1. The topological polar surface area (TPSA) is 17.8 Å². The lowest BCUT2D eigenvalue weighted by Crippen LogP contribution is -2.09. The summed E-state index contributed by atoms with van der Waals surface area (Å²) in [6, 6.07) is 0. The minimum absolute atomic E-state index is 0.0379. The molecule has 0 radical (unpaired) electrons. The van der Waals surface area contributed by atoms with Crippen molar-refractivity contribution in [1.29, 1.82) is 0 Å². The molecule has 0 amide bonds. The van der Waals surface area contributed by atoms with Gasteiger partial charge in [0.2, 0.25) is 0 Å². The van der Waals surface area contributed by atoms with Crippen LogP contribution >= 0.6 is 22.5 Å². The second-order valence-electron chi connectivity index (χ2n) is 3.12. The van der Waals surface area contributed by atoms with E-state index in [1.54, 1.807) is 6.20 Å². The predicted octanol–water partition coefficient (Wildman–Crippen LogP) is 2.72. The number of hydrogen-bond acceptors (Lipinski definition) is 3. The molecule has 0 saturated heterocycles. The van der Waals surface area contributed by atoms with Crippen molar-refractivity contribution in [2.75, 3.05) is 0 Å². The number of aromatic nitrogens is 2. The Morgan fingerprint density at radius 1 is 1.54 bits per heavy atom. The first-order valence-electron chi connectivity index (χ1n) is 3.97. The fourth-order valence-corrected chi connectivity index (χ4v) is 1.78. The second-order valence-corrected chi connectivity index (χ2v) is 4.73. The smallest absolute Gasteiger partial charge is 0.136 e. The van der Waals surface area contributed by atoms with E-state index in [0.717, 1.165) is 5.82 Å². The summed E-state index contributed by atoms with van der Waals surface area (Å²) in [4.78, 5) is 4.21. The highest BCUT2D eigenvalue weighted by Gasteiger charge is 2.18. The van der Waals surface area contributed by atoms with Crippen LogP contribution in [0.5, 0.6) is 0 Å². The lowest BCUT2D eigenvalue weighted by Gasteiger charge is -2.15. The standard InChI is InChI=1S/C9H10N2S2/c1-9(13-12)3-2-8-10-5-7-11(8)6-4-9/h2-7,12H,1H3. The number of hydrogen-bond donors (Lipinski definition) is 1. The van der Waals surface area contributed by atoms with Crippen LogP contribution < -0.4 is 0 Å². The zero-order valence-corrected chi connectivity index (χ0v) is 8.92. The first kappa shape index (κ1) is 8.97. The molecule has 2 rings (SSSR count). The molecule has 0 aromatic carbocycles. The quantitative estimate of drug-likeness (QED) is 0.567. The molecular weight excluding hydrogens is 200 g/mol. The minimum atomic E-state index is -0.0379. The molecule has 1 atom stereocenters. The van der Waals surface area contributed by atoms with Crippen LogP contribution in [0, 0.1) is 0 Å². The van der Waals surface area contributed by atoms with Gasteiger partial charge in [-0.15, -0.1) is 11.7 Å². The van der Waals surface area contributed by atoms with Gasteiger partial charge in [0.15, 0.2) is 0 Å². The van der Waals surface area contributed by atoms with Gasteiger partial charge in [-0.3, -0.25) is 0 Å². The highest BCUT2D eigenvalue weighted by atomic mass is 33.1. The van der Waals surface area contributed by atoms with E-state index >= 15 is 0 Å². The molecule has 1 aromatic rings. The molecule has 0 spiro atoms. The molecule has 13 heavy (non-hydrogen) atoms. The summed E-state index contributed by atoms with van der Waals surface area (Å²) < 4.78 is 1.95. The second kappa shape index (κ2) is 3.27. The third kappa shape index (κ3) is 1.69. The molecule has 1 aliphatic rings. The lowest BCUT2D eigenvalue weighted by molar-refractivity contribution is 1.02. The van der Waals surface area contributed by atoms with Gasteiger partial charge >= 0.3 is 0 Å². The van der Waals surface area contributed by atoms with Crippen molar-refractivity contribution in [3.8, 4) is 0 Å². The summed E-state index contributed by atoms with van der Waals surface area (Å²) in [6.45, 7) is 2.12. The van der Waals surface area contributed by atoms with E-state index in [9.17, 15) is 0 Å². The van der Waals surface area contributed by atoms with Gasteiger partial charge in [-0.2, -0.15) is 0 Å². The summed E-state index contributed by atoms with van der Waals surface area (Å²) in [5, 5.41) is 0. The van der Waals surface area contributed by atoms with Crippen molar-refractivity contribution >= 4 is 34.7 Å². The van der Waals surface area contributed by atoms with E-state index in [4.69, 9.17) is 0 Å². The highest BCUT2D eigenvalue weighted by Crippen LogP contribution is 2.33. The monoisotopic (exact) mass is 210 g/mol. The minimum Gasteiger partial charge on any atom is -0.307 e. The van der Waals surface area contributed by atoms with Crippen LogP contribution in [0.1, 0.15) is 12.7 Å². The molecule has 0 aliphatic carbocycles. The Kier molecular flexibility index (Phi) is 2.26. The zero-order chi connectivity index (χ0) is 9.31. The van der Waals surface area contributed by atoms with Crippen molar-refractivity contribution in [2.24, 2.45) is 0 Å². The van der Waals surface area contributed by atoms with E-state index in [2.05, 4.69) is 35.7 Å². The SMILES string of the molecule is CC1(SS)C=Cc2nccn2C=C1. The van der Waals surface area contributed by atoms with Gasteiger partial charge in [-0.25, -0.2) is 4.98 Å². The first-order valence-corrected chi connectivity index (χ1v) is 5.84. The zero-order valence-electron chi connectivity index (χ0n) is 7.21. The van der Waals surface area contributed by atoms with E-state index < -0.39 is 0 Å². The number of fused-ring (bicyclic) bond motifs is 1. The third-order valence-corrected chi connectivity index (χ3v) is 3.87. The van der Waals surface area contributed by atoms with Crippen LogP contribution in [0.15, 0.2) is 24.5 Å². The number of imidazole rings is 1. The fraction of sp³-hybridized carbons (Fsp3) is 0.222. The Balaban J connectivity index is 2.43. The largest absolute Gasteiger partial charge is 0.307 e. The molecule has 1 aliphatic heterocycles. The fourth-order valence-electron chi connectivity index (χ4n) is 1.16. The van der Waals surface area contributed by atoms with Crippen molar-refractivity contribution < 1.29 is 0 Å². The lowest BCUT2D eigenvalue weighted by atomic mass is 10.1. The van der Waals surface area contributed by atoms with Gasteiger partial charge in [-0.1, -0.05) is 16.9 Å². The van der Waals surface area contributed by atoms with Crippen molar-refractivity contribution in [2.45, 2.75) is 11.7 Å². The van der Waals surface area contributed by atoms with E-state index in [1.165, 1.54) is 10.8 Å². The number of thiol groups is 1. The van der Waals surface area contributed by atoms with Crippen LogP contribution in [0.25, 0.3) is 12.3 Å². The van der Waals surface area contributed by atoms with Crippen LogP contribution in [0.3, 0.4) is 0 Å². The Hall–Kier alpha value is -0.610. The van der Waals surface area contributed by atoms with Crippen LogP contribution in [-0.4, -0.2) is 14.3 Å². The van der Waals surface area contributed by atoms with Crippen LogP contribution in [0.4, 0.5) is 0 Å². The first-order chi connectivity index (χ1) is 6.23. The maximum absolute atomic E-state index is 4.24. The molecule has 0 saturated carbocycles.